The minimum atomic E-state index is -0.566. The summed E-state index contributed by atoms with van der Waals surface area (Å²) in [5, 5.41) is 18.1. The van der Waals surface area contributed by atoms with Crippen molar-refractivity contribution in [1.82, 2.24) is 0 Å². The number of hydrogen-bond acceptors (Lipinski definition) is 2. The van der Waals surface area contributed by atoms with E-state index in [2.05, 4.69) is 12.1 Å². The second-order valence-electron chi connectivity index (χ2n) is 4.85. The van der Waals surface area contributed by atoms with Crippen LogP contribution in [0, 0.1) is 34.5 Å². The molecule has 0 aliphatic carbocycles. The summed E-state index contributed by atoms with van der Waals surface area (Å²) < 4.78 is 0. The van der Waals surface area contributed by atoms with E-state index in [0.717, 1.165) is 11.5 Å². The maximum absolute atomic E-state index is 9.06. The summed E-state index contributed by atoms with van der Waals surface area (Å²) in [4.78, 5) is 0. The highest BCUT2D eigenvalue weighted by atomic mass is 32.3. The van der Waals surface area contributed by atoms with Gasteiger partial charge in [0.05, 0.1) is 24.0 Å². The van der Waals surface area contributed by atoms with Crippen LogP contribution < -0.4 is 0 Å². The van der Waals surface area contributed by atoms with Crippen LogP contribution in [-0.2, 0) is 0 Å². The van der Waals surface area contributed by atoms with Crippen molar-refractivity contribution in [2.45, 2.75) is 25.7 Å². The highest BCUT2D eigenvalue weighted by Crippen LogP contribution is 2.59. The van der Waals surface area contributed by atoms with Crippen molar-refractivity contribution in [2.24, 2.45) is 11.8 Å². The van der Waals surface area contributed by atoms with Gasteiger partial charge in [-0.1, -0.05) is 12.8 Å². The van der Waals surface area contributed by atoms with Crippen molar-refractivity contribution >= 4 is 10.0 Å². The van der Waals surface area contributed by atoms with Crippen LogP contribution >= 0.6 is 10.0 Å². The van der Waals surface area contributed by atoms with Crippen molar-refractivity contribution < 1.29 is 0 Å². The van der Waals surface area contributed by atoms with Crippen molar-refractivity contribution in [3.63, 3.8) is 0 Å². The Hall–Kier alpha value is -0.670. The Morgan fingerprint density at radius 2 is 1.27 bits per heavy atom. The van der Waals surface area contributed by atoms with E-state index >= 15 is 0 Å². The molecule has 2 fully saturated rings. The molecule has 0 amide bonds. The Balaban J connectivity index is 2.11. The molecular formula is C12H18N2S. The van der Waals surface area contributed by atoms with Crippen LogP contribution in [0.1, 0.15) is 25.7 Å². The molecule has 2 nitrogen and oxygen atoms in total. The molecule has 0 saturated carbocycles. The van der Waals surface area contributed by atoms with E-state index in [0.29, 0.717) is 0 Å². The summed E-state index contributed by atoms with van der Waals surface area (Å²) in [7, 11) is -0.566. The lowest BCUT2D eigenvalue weighted by molar-refractivity contribution is 0.626. The van der Waals surface area contributed by atoms with Crippen molar-refractivity contribution in [3.05, 3.63) is 0 Å². The summed E-state index contributed by atoms with van der Waals surface area (Å²) in [6.07, 6.45) is 5.41. The maximum Gasteiger partial charge on any atom is 0.0704 e. The molecule has 0 aromatic rings. The minimum absolute atomic E-state index is 0.0445. The molecule has 2 saturated heterocycles. The fourth-order valence-electron chi connectivity index (χ4n) is 2.92. The SMILES string of the molecule is N#CC1CS2(CCCCCC2)CC1C#N. The van der Waals surface area contributed by atoms with E-state index in [1.165, 1.54) is 37.2 Å². The van der Waals surface area contributed by atoms with E-state index in [-0.39, 0.29) is 11.8 Å². The number of nitrogens with zero attached hydrogens (tertiary/aromatic N) is 2. The van der Waals surface area contributed by atoms with Gasteiger partial charge in [-0.05, 0) is 35.9 Å². The zero-order chi connectivity index (χ0) is 10.7. The first-order valence-corrected chi connectivity index (χ1v) is 8.14. The molecule has 2 heterocycles. The van der Waals surface area contributed by atoms with E-state index < -0.39 is 10.0 Å². The molecule has 2 aliphatic heterocycles. The molecule has 0 radical (unpaired) electrons. The monoisotopic (exact) mass is 222 g/mol. The van der Waals surface area contributed by atoms with Crippen molar-refractivity contribution in [3.8, 4) is 12.1 Å². The zero-order valence-electron chi connectivity index (χ0n) is 9.11. The predicted octanol–water partition coefficient (Wildman–Crippen LogP) is 2.66. The zero-order valence-corrected chi connectivity index (χ0v) is 9.93. The summed E-state index contributed by atoms with van der Waals surface area (Å²) >= 11 is 0. The van der Waals surface area contributed by atoms with Gasteiger partial charge in [0.15, 0.2) is 0 Å². The molecule has 0 N–H and O–H groups in total. The molecule has 2 aliphatic rings. The lowest BCUT2D eigenvalue weighted by Crippen LogP contribution is -2.11. The average Bonchev–Trinajstić information content (AvgIpc) is 2.45. The van der Waals surface area contributed by atoms with Crippen LogP contribution in [0.4, 0.5) is 0 Å². The minimum Gasteiger partial charge on any atom is -0.238 e. The van der Waals surface area contributed by atoms with Gasteiger partial charge in [-0.25, -0.2) is 10.0 Å². The second-order valence-corrected chi connectivity index (χ2v) is 8.78. The molecule has 82 valence electrons. The van der Waals surface area contributed by atoms with Gasteiger partial charge in [0.1, 0.15) is 0 Å². The van der Waals surface area contributed by atoms with E-state index in [1.54, 1.807) is 0 Å². The number of nitriles is 2. The van der Waals surface area contributed by atoms with Crippen LogP contribution in [0.2, 0.25) is 0 Å². The fraction of sp³-hybridized carbons (Fsp3) is 0.833. The molecule has 1 spiro atoms. The summed E-state index contributed by atoms with van der Waals surface area (Å²) in [5.74, 6) is 4.90. The number of hydrogen-bond donors (Lipinski definition) is 0. The highest BCUT2D eigenvalue weighted by molar-refractivity contribution is 8.33. The summed E-state index contributed by atoms with van der Waals surface area (Å²) in [6.45, 7) is 0. The predicted molar refractivity (Wildman–Crippen MR) is 63.7 cm³/mol. The van der Waals surface area contributed by atoms with Gasteiger partial charge in [0.2, 0.25) is 0 Å². The van der Waals surface area contributed by atoms with Gasteiger partial charge >= 0.3 is 0 Å². The van der Waals surface area contributed by atoms with Crippen LogP contribution in [-0.4, -0.2) is 23.0 Å². The van der Waals surface area contributed by atoms with Crippen LogP contribution in [0.3, 0.4) is 0 Å². The van der Waals surface area contributed by atoms with Gasteiger partial charge in [-0.15, -0.1) is 0 Å². The quantitative estimate of drug-likeness (QED) is 0.632. The summed E-state index contributed by atoms with van der Waals surface area (Å²) in [5.41, 5.74) is 0. The third kappa shape index (κ3) is 2.13. The van der Waals surface area contributed by atoms with Gasteiger partial charge in [0.25, 0.3) is 0 Å². The first-order valence-electron chi connectivity index (χ1n) is 5.83. The molecule has 3 heteroatoms. The first-order chi connectivity index (χ1) is 7.29. The summed E-state index contributed by atoms with van der Waals surface area (Å²) in [6, 6.07) is 4.71. The Morgan fingerprint density at radius 1 is 0.800 bits per heavy atom. The van der Waals surface area contributed by atoms with Crippen molar-refractivity contribution in [1.29, 1.82) is 10.5 Å². The Labute approximate surface area is 93.6 Å². The lowest BCUT2D eigenvalue weighted by Gasteiger charge is -2.34. The molecule has 2 atom stereocenters. The Kier molecular flexibility index (Phi) is 3.22. The molecule has 0 aromatic heterocycles. The maximum atomic E-state index is 9.06. The topological polar surface area (TPSA) is 47.6 Å². The van der Waals surface area contributed by atoms with E-state index in [9.17, 15) is 0 Å². The van der Waals surface area contributed by atoms with Gasteiger partial charge in [-0.2, -0.15) is 10.5 Å². The van der Waals surface area contributed by atoms with Crippen LogP contribution in [0.15, 0.2) is 0 Å². The molecule has 0 aromatic carbocycles. The standard InChI is InChI=1S/C12H18N2S/c13-7-11-9-15(10-12(11)8-14)5-3-1-2-4-6-15/h11-12H,1-6,9-10H2. The molecule has 0 bridgehead atoms. The van der Waals surface area contributed by atoms with Gasteiger partial charge in [-0.3, -0.25) is 0 Å². The third-order valence-electron chi connectivity index (χ3n) is 3.79. The highest BCUT2D eigenvalue weighted by Gasteiger charge is 2.41. The van der Waals surface area contributed by atoms with E-state index in [4.69, 9.17) is 10.5 Å². The lowest BCUT2D eigenvalue weighted by atomic mass is 10.00. The second kappa shape index (κ2) is 4.45. The normalized spacial score (nSPS) is 36.4. The smallest absolute Gasteiger partial charge is 0.0704 e. The third-order valence-corrected chi connectivity index (χ3v) is 8.23. The van der Waals surface area contributed by atoms with Gasteiger partial charge < -0.3 is 0 Å². The van der Waals surface area contributed by atoms with E-state index in [1.807, 2.05) is 0 Å². The average molecular weight is 222 g/mol. The fourth-order valence-corrected chi connectivity index (χ4v) is 7.70. The Morgan fingerprint density at radius 3 is 1.67 bits per heavy atom. The molecule has 2 rings (SSSR count). The largest absolute Gasteiger partial charge is 0.238 e. The molecule has 15 heavy (non-hydrogen) atoms. The van der Waals surface area contributed by atoms with Gasteiger partial charge in [0, 0.05) is 0 Å². The first kappa shape index (κ1) is 10.8. The Bertz CT molecular complexity index is 281. The molecular weight excluding hydrogens is 204 g/mol. The number of rotatable bonds is 0. The van der Waals surface area contributed by atoms with Crippen molar-refractivity contribution in [2.75, 3.05) is 23.0 Å². The molecule has 2 unspecified atom stereocenters. The van der Waals surface area contributed by atoms with Crippen LogP contribution in [0.25, 0.3) is 0 Å². The van der Waals surface area contributed by atoms with Crippen LogP contribution in [0.5, 0.6) is 0 Å².